The van der Waals surface area contributed by atoms with Crippen LogP contribution in [0.25, 0.3) is 17.0 Å². The van der Waals surface area contributed by atoms with Crippen molar-refractivity contribution in [3.8, 4) is 11.3 Å². The summed E-state index contributed by atoms with van der Waals surface area (Å²) in [5, 5.41) is 0. The number of rotatable bonds is 2. The number of halogens is 1. The van der Waals surface area contributed by atoms with E-state index in [4.69, 9.17) is 4.98 Å². The fraction of sp³-hybridized carbons (Fsp3) is 0.350. The Hall–Kier alpha value is -3.16. The first-order valence-corrected chi connectivity index (χ1v) is 9.34. The van der Waals surface area contributed by atoms with Crippen LogP contribution >= 0.6 is 0 Å². The number of hydrogen-bond donors (Lipinski definition) is 0. The van der Waals surface area contributed by atoms with Crippen LogP contribution in [0.3, 0.4) is 0 Å². The fourth-order valence-electron chi connectivity index (χ4n) is 3.42. The van der Waals surface area contributed by atoms with Crippen LogP contribution in [0, 0.1) is 5.82 Å². The molecule has 146 valence electrons. The molecule has 0 atom stereocenters. The van der Waals surface area contributed by atoms with Gasteiger partial charge >= 0.3 is 6.03 Å². The number of amides is 2. The standard InChI is InChI=1S/C20H23FN6O/c1-24(2)20(28)26-10-3-9-25(12-13-26)18-8-11-27-14-17(22-19(27)23-18)15-4-6-16(21)7-5-15/h4-8,11,14H,3,9-10,12-13H2,1-2H3. The van der Waals surface area contributed by atoms with Crippen molar-refractivity contribution in [2.45, 2.75) is 6.42 Å². The molecule has 4 rings (SSSR count). The van der Waals surface area contributed by atoms with E-state index in [0.717, 1.165) is 43.1 Å². The minimum absolute atomic E-state index is 0.0439. The van der Waals surface area contributed by atoms with Crippen molar-refractivity contribution in [2.75, 3.05) is 45.2 Å². The molecular formula is C20H23FN6O. The van der Waals surface area contributed by atoms with Gasteiger partial charge in [0.2, 0.25) is 5.78 Å². The zero-order valence-corrected chi connectivity index (χ0v) is 16.0. The van der Waals surface area contributed by atoms with Crippen molar-refractivity contribution in [1.29, 1.82) is 0 Å². The molecule has 3 aromatic rings. The number of carbonyl (C=O) groups excluding carboxylic acids is 1. The first kappa shape index (κ1) is 18.2. The Bertz CT molecular complexity index is 984. The highest BCUT2D eigenvalue weighted by atomic mass is 19.1. The summed E-state index contributed by atoms with van der Waals surface area (Å²) in [5.41, 5.74) is 1.60. The van der Waals surface area contributed by atoms with E-state index in [1.165, 1.54) is 12.1 Å². The molecule has 0 N–H and O–H groups in total. The molecule has 0 bridgehead atoms. The highest BCUT2D eigenvalue weighted by molar-refractivity contribution is 5.74. The fourth-order valence-corrected chi connectivity index (χ4v) is 3.42. The molecule has 1 saturated heterocycles. The van der Waals surface area contributed by atoms with Crippen LogP contribution in [-0.2, 0) is 0 Å². The molecule has 1 fully saturated rings. The molecule has 2 amide bonds. The van der Waals surface area contributed by atoms with Crippen LogP contribution in [0.4, 0.5) is 15.0 Å². The summed E-state index contributed by atoms with van der Waals surface area (Å²) in [4.78, 5) is 27.2. The topological polar surface area (TPSA) is 57.0 Å². The lowest BCUT2D eigenvalue weighted by Gasteiger charge is -2.25. The van der Waals surface area contributed by atoms with Crippen molar-refractivity contribution in [2.24, 2.45) is 0 Å². The van der Waals surface area contributed by atoms with Crippen molar-refractivity contribution < 1.29 is 9.18 Å². The Morgan fingerprint density at radius 2 is 1.82 bits per heavy atom. The SMILES string of the molecule is CN(C)C(=O)N1CCCN(c2ccn3cc(-c4ccc(F)cc4)nc3n2)CC1. The zero-order chi connectivity index (χ0) is 19.7. The molecule has 0 unspecified atom stereocenters. The summed E-state index contributed by atoms with van der Waals surface area (Å²) < 4.78 is 15.0. The molecule has 2 aromatic heterocycles. The van der Waals surface area contributed by atoms with E-state index >= 15 is 0 Å². The molecule has 0 aliphatic carbocycles. The molecule has 1 aromatic carbocycles. The largest absolute Gasteiger partial charge is 0.355 e. The van der Waals surface area contributed by atoms with Gasteiger partial charge in [-0.2, -0.15) is 4.98 Å². The highest BCUT2D eigenvalue weighted by Gasteiger charge is 2.21. The molecular weight excluding hydrogens is 359 g/mol. The Balaban J connectivity index is 1.54. The Morgan fingerprint density at radius 3 is 2.57 bits per heavy atom. The van der Waals surface area contributed by atoms with Crippen molar-refractivity contribution >= 4 is 17.6 Å². The Labute approximate surface area is 163 Å². The number of nitrogens with zero attached hydrogens (tertiary/aromatic N) is 6. The summed E-state index contributed by atoms with van der Waals surface area (Å²) in [6.07, 6.45) is 4.71. The van der Waals surface area contributed by atoms with Crippen LogP contribution in [0.1, 0.15) is 6.42 Å². The van der Waals surface area contributed by atoms with Gasteiger partial charge in [-0.05, 0) is 36.8 Å². The van der Waals surface area contributed by atoms with Crippen LogP contribution < -0.4 is 4.90 Å². The van der Waals surface area contributed by atoms with Gasteiger partial charge in [0, 0.05) is 58.2 Å². The van der Waals surface area contributed by atoms with Gasteiger partial charge in [0.15, 0.2) is 0 Å². The molecule has 0 radical (unpaired) electrons. The predicted octanol–water partition coefficient (Wildman–Crippen LogP) is 2.73. The third-order valence-corrected chi connectivity index (χ3v) is 4.92. The van der Waals surface area contributed by atoms with Crippen molar-refractivity contribution in [3.05, 3.63) is 48.5 Å². The van der Waals surface area contributed by atoms with E-state index in [0.29, 0.717) is 12.3 Å². The monoisotopic (exact) mass is 382 g/mol. The first-order chi connectivity index (χ1) is 13.5. The predicted molar refractivity (Wildman–Crippen MR) is 106 cm³/mol. The number of benzene rings is 1. The van der Waals surface area contributed by atoms with E-state index in [1.807, 2.05) is 27.8 Å². The maximum absolute atomic E-state index is 13.1. The number of urea groups is 1. The van der Waals surface area contributed by atoms with E-state index in [9.17, 15) is 9.18 Å². The van der Waals surface area contributed by atoms with Gasteiger partial charge in [0.1, 0.15) is 11.6 Å². The van der Waals surface area contributed by atoms with Crippen LogP contribution in [0.2, 0.25) is 0 Å². The van der Waals surface area contributed by atoms with E-state index < -0.39 is 0 Å². The lowest BCUT2D eigenvalue weighted by atomic mass is 10.2. The zero-order valence-electron chi connectivity index (χ0n) is 16.0. The number of fused-ring (bicyclic) bond motifs is 1. The Kier molecular flexibility index (Phi) is 4.85. The second-order valence-electron chi connectivity index (χ2n) is 7.13. The third kappa shape index (κ3) is 3.62. The highest BCUT2D eigenvalue weighted by Crippen LogP contribution is 2.21. The molecule has 7 nitrogen and oxygen atoms in total. The van der Waals surface area contributed by atoms with E-state index in [2.05, 4.69) is 9.88 Å². The molecule has 8 heteroatoms. The average molecular weight is 382 g/mol. The normalized spacial score (nSPS) is 15.0. The summed E-state index contributed by atoms with van der Waals surface area (Å²) >= 11 is 0. The Morgan fingerprint density at radius 1 is 1.04 bits per heavy atom. The molecule has 28 heavy (non-hydrogen) atoms. The minimum atomic E-state index is -0.268. The summed E-state index contributed by atoms with van der Waals surface area (Å²) in [6, 6.07) is 8.29. The summed E-state index contributed by atoms with van der Waals surface area (Å²) in [7, 11) is 3.55. The van der Waals surface area contributed by atoms with Gasteiger partial charge in [-0.1, -0.05) is 0 Å². The molecule has 0 saturated carbocycles. The van der Waals surface area contributed by atoms with Crippen LogP contribution in [0.5, 0.6) is 0 Å². The molecule has 3 heterocycles. The number of anilines is 1. The summed E-state index contributed by atoms with van der Waals surface area (Å²) in [6.45, 7) is 2.98. The van der Waals surface area contributed by atoms with Gasteiger partial charge in [-0.25, -0.2) is 14.2 Å². The van der Waals surface area contributed by atoms with Crippen molar-refractivity contribution in [3.63, 3.8) is 0 Å². The lowest BCUT2D eigenvalue weighted by molar-refractivity contribution is 0.174. The maximum atomic E-state index is 13.1. The number of imidazole rings is 1. The van der Waals surface area contributed by atoms with Gasteiger partial charge in [0.25, 0.3) is 0 Å². The van der Waals surface area contributed by atoms with Crippen LogP contribution in [0.15, 0.2) is 42.7 Å². The second kappa shape index (κ2) is 7.46. The lowest BCUT2D eigenvalue weighted by Crippen LogP contribution is -2.41. The molecule has 1 aliphatic rings. The number of aromatic nitrogens is 3. The smallest absolute Gasteiger partial charge is 0.319 e. The van der Waals surface area contributed by atoms with Crippen LogP contribution in [-0.4, -0.2) is 70.5 Å². The van der Waals surface area contributed by atoms with Gasteiger partial charge in [0.05, 0.1) is 5.69 Å². The quantitative estimate of drug-likeness (QED) is 0.684. The van der Waals surface area contributed by atoms with Gasteiger partial charge < -0.3 is 14.7 Å². The van der Waals surface area contributed by atoms with E-state index in [1.54, 1.807) is 31.1 Å². The maximum Gasteiger partial charge on any atom is 0.319 e. The van der Waals surface area contributed by atoms with Crippen molar-refractivity contribution in [1.82, 2.24) is 24.2 Å². The van der Waals surface area contributed by atoms with Gasteiger partial charge in [-0.15, -0.1) is 0 Å². The third-order valence-electron chi connectivity index (χ3n) is 4.92. The average Bonchev–Trinajstić information content (AvgIpc) is 2.96. The molecule has 0 spiro atoms. The van der Waals surface area contributed by atoms with E-state index in [-0.39, 0.29) is 11.8 Å². The minimum Gasteiger partial charge on any atom is -0.355 e. The second-order valence-corrected chi connectivity index (χ2v) is 7.13. The molecule has 1 aliphatic heterocycles. The number of hydrogen-bond acceptors (Lipinski definition) is 4. The summed E-state index contributed by atoms with van der Waals surface area (Å²) in [5.74, 6) is 1.18. The van der Waals surface area contributed by atoms with Gasteiger partial charge in [-0.3, -0.25) is 4.40 Å². The number of carbonyl (C=O) groups is 1. The first-order valence-electron chi connectivity index (χ1n) is 9.34.